The molecule has 0 saturated carbocycles. The summed E-state index contributed by atoms with van der Waals surface area (Å²) < 4.78 is 0. The van der Waals surface area contributed by atoms with E-state index in [9.17, 15) is 4.79 Å². The average Bonchev–Trinajstić information content (AvgIpc) is 2.35. The maximum atomic E-state index is 11.7. The van der Waals surface area contributed by atoms with Crippen LogP contribution < -0.4 is 11.1 Å². The van der Waals surface area contributed by atoms with Crippen LogP contribution in [0.15, 0.2) is 24.3 Å². The number of halogens is 1. The Morgan fingerprint density at radius 1 is 1.16 bits per heavy atom. The van der Waals surface area contributed by atoms with Crippen LogP contribution in [0.1, 0.15) is 44.7 Å². The molecular formula is C15H25ClN2O. The molecule has 1 aromatic rings. The largest absolute Gasteiger partial charge is 0.351 e. The molecule has 3 N–H and O–H groups in total. The SMILES string of the molecule is CC(C)c1ccc(CNC(=O)[C@H](N)C(C)C)cc1.Cl. The molecule has 1 amide bonds. The maximum Gasteiger partial charge on any atom is 0.237 e. The number of carbonyl (C=O) groups excluding carboxylic acids is 1. The molecule has 0 saturated heterocycles. The predicted octanol–water partition coefficient (Wildman–Crippen LogP) is 2.83. The lowest BCUT2D eigenvalue weighted by Crippen LogP contribution is -2.43. The number of hydrogen-bond donors (Lipinski definition) is 2. The number of nitrogens with one attached hydrogen (secondary N) is 1. The molecule has 0 aromatic heterocycles. The van der Waals surface area contributed by atoms with Crippen molar-refractivity contribution in [3.05, 3.63) is 35.4 Å². The van der Waals surface area contributed by atoms with Crippen molar-refractivity contribution >= 4 is 18.3 Å². The molecule has 1 aromatic carbocycles. The number of hydrogen-bond acceptors (Lipinski definition) is 2. The summed E-state index contributed by atoms with van der Waals surface area (Å²) in [7, 11) is 0. The van der Waals surface area contributed by atoms with Crippen molar-refractivity contribution in [2.45, 2.75) is 46.2 Å². The minimum absolute atomic E-state index is 0. The molecule has 1 rings (SSSR count). The van der Waals surface area contributed by atoms with Gasteiger partial charge < -0.3 is 11.1 Å². The van der Waals surface area contributed by atoms with Gasteiger partial charge in [0.2, 0.25) is 5.91 Å². The monoisotopic (exact) mass is 284 g/mol. The minimum atomic E-state index is -0.431. The molecule has 0 fully saturated rings. The Kier molecular flexibility index (Phi) is 7.72. The van der Waals surface area contributed by atoms with Gasteiger partial charge in [0.1, 0.15) is 0 Å². The Bertz CT molecular complexity index is 388. The fraction of sp³-hybridized carbons (Fsp3) is 0.533. The lowest BCUT2D eigenvalue weighted by Gasteiger charge is -2.15. The van der Waals surface area contributed by atoms with Crippen molar-refractivity contribution < 1.29 is 4.79 Å². The van der Waals surface area contributed by atoms with Gasteiger partial charge in [-0.15, -0.1) is 12.4 Å². The van der Waals surface area contributed by atoms with Crippen LogP contribution in [0.25, 0.3) is 0 Å². The molecule has 0 aliphatic rings. The van der Waals surface area contributed by atoms with Crippen LogP contribution in [0.4, 0.5) is 0 Å². The van der Waals surface area contributed by atoms with Gasteiger partial charge in [-0.3, -0.25) is 4.79 Å². The molecule has 3 nitrogen and oxygen atoms in total. The molecule has 0 aliphatic carbocycles. The highest BCUT2D eigenvalue weighted by molar-refractivity contribution is 5.85. The van der Waals surface area contributed by atoms with Gasteiger partial charge in [-0.2, -0.15) is 0 Å². The molecule has 0 unspecified atom stereocenters. The van der Waals surface area contributed by atoms with E-state index in [1.165, 1.54) is 5.56 Å². The fourth-order valence-corrected chi connectivity index (χ4v) is 1.63. The van der Waals surface area contributed by atoms with E-state index < -0.39 is 6.04 Å². The molecule has 0 aliphatic heterocycles. The zero-order valence-corrected chi connectivity index (χ0v) is 13.0. The van der Waals surface area contributed by atoms with E-state index in [1.54, 1.807) is 0 Å². The third-order valence-corrected chi connectivity index (χ3v) is 3.13. The first-order valence-electron chi connectivity index (χ1n) is 6.54. The lowest BCUT2D eigenvalue weighted by atomic mass is 10.0. The fourth-order valence-electron chi connectivity index (χ4n) is 1.63. The smallest absolute Gasteiger partial charge is 0.237 e. The van der Waals surface area contributed by atoms with Gasteiger partial charge in [0.05, 0.1) is 6.04 Å². The highest BCUT2D eigenvalue weighted by Gasteiger charge is 2.16. The number of carbonyl (C=O) groups is 1. The van der Waals surface area contributed by atoms with Gasteiger partial charge in [0.15, 0.2) is 0 Å². The quantitative estimate of drug-likeness (QED) is 0.873. The summed E-state index contributed by atoms with van der Waals surface area (Å²) in [5, 5.41) is 2.86. The third-order valence-electron chi connectivity index (χ3n) is 3.13. The van der Waals surface area contributed by atoms with Crippen LogP contribution in [0.3, 0.4) is 0 Å². The van der Waals surface area contributed by atoms with E-state index in [0.29, 0.717) is 12.5 Å². The maximum absolute atomic E-state index is 11.7. The molecule has 0 bridgehead atoms. The van der Waals surface area contributed by atoms with Crippen molar-refractivity contribution in [2.75, 3.05) is 0 Å². The predicted molar refractivity (Wildman–Crippen MR) is 82.4 cm³/mol. The Labute approximate surface area is 122 Å². The van der Waals surface area contributed by atoms with Gasteiger partial charge in [0, 0.05) is 6.54 Å². The van der Waals surface area contributed by atoms with Crippen LogP contribution in [0.5, 0.6) is 0 Å². The van der Waals surface area contributed by atoms with Crippen LogP contribution in [-0.2, 0) is 11.3 Å². The van der Waals surface area contributed by atoms with Gasteiger partial charge >= 0.3 is 0 Å². The summed E-state index contributed by atoms with van der Waals surface area (Å²) in [6, 6.07) is 7.88. The van der Waals surface area contributed by atoms with E-state index in [4.69, 9.17) is 5.73 Å². The summed E-state index contributed by atoms with van der Waals surface area (Å²) in [6.45, 7) is 8.76. The third kappa shape index (κ3) is 5.62. The number of benzene rings is 1. The lowest BCUT2D eigenvalue weighted by molar-refractivity contribution is -0.123. The van der Waals surface area contributed by atoms with Gasteiger partial charge in [-0.05, 0) is 23.0 Å². The van der Waals surface area contributed by atoms with Crippen LogP contribution in [0, 0.1) is 5.92 Å². The molecule has 0 radical (unpaired) electrons. The summed E-state index contributed by atoms with van der Waals surface area (Å²) in [5.74, 6) is 0.606. The highest BCUT2D eigenvalue weighted by Crippen LogP contribution is 2.14. The topological polar surface area (TPSA) is 55.1 Å². The molecule has 4 heteroatoms. The highest BCUT2D eigenvalue weighted by atomic mass is 35.5. The zero-order chi connectivity index (χ0) is 13.7. The Morgan fingerprint density at radius 2 is 1.68 bits per heavy atom. The molecule has 0 spiro atoms. The second kappa shape index (κ2) is 8.18. The standard InChI is InChI=1S/C15H24N2O.ClH/c1-10(2)13-7-5-12(6-8-13)9-17-15(18)14(16)11(3)4;/h5-8,10-11,14H,9,16H2,1-4H3,(H,17,18);1H/t14-;/m1./s1. The first-order chi connectivity index (χ1) is 8.41. The Balaban J connectivity index is 0.00000324. The first kappa shape index (κ1) is 17.9. The second-order valence-electron chi connectivity index (χ2n) is 5.38. The van der Waals surface area contributed by atoms with E-state index in [-0.39, 0.29) is 24.2 Å². The van der Waals surface area contributed by atoms with E-state index in [0.717, 1.165) is 5.56 Å². The Hall–Kier alpha value is -1.06. The van der Waals surface area contributed by atoms with Gasteiger partial charge in [-0.25, -0.2) is 0 Å². The molecule has 0 heterocycles. The summed E-state index contributed by atoms with van der Waals surface area (Å²) in [5.41, 5.74) is 8.19. The molecule has 108 valence electrons. The number of nitrogens with two attached hydrogens (primary N) is 1. The summed E-state index contributed by atoms with van der Waals surface area (Å²) in [4.78, 5) is 11.7. The zero-order valence-electron chi connectivity index (χ0n) is 12.1. The average molecular weight is 285 g/mol. The van der Waals surface area contributed by atoms with Crippen molar-refractivity contribution in [2.24, 2.45) is 11.7 Å². The normalized spacial score (nSPS) is 12.2. The van der Waals surface area contributed by atoms with Gasteiger partial charge in [0.25, 0.3) is 0 Å². The summed E-state index contributed by atoms with van der Waals surface area (Å²) in [6.07, 6.45) is 0. The molecule has 19 heavy (non-hydrogen) atoms. The molecule has 1 atom stereocenters. The van der Waals surface area contributed by atoms with E-state index in [2.05, 4.69) is 43.4 Å². The van der Waals surface area contributed by atoms with Crippen LogP contribution in [-0.4, -0.2) is 11.9 Å². The number of amides is 1. The minimum Gasteiger partial charge on any atom is -0.351 e. The van der Waals surface area contributed by atoms with Crippen molar-refractivity contribution in [1.82, 2.24) is 5.32 Å². The summed E-state index contributed by atoms with van der Waals surface area (Å²) >= 11 is 0. The van der Waals surface area contributed by atoms with Crippen molar-refractivity contribution in [3.8, 4) is 0 Å². The van der Waals surface area contributed by atoms with Crippen molar-refractivity contribution in [3.63, 3.8) is 0 Å². The van der Waals surface area contributed by atoms with Crippen LogP contribution >= 0.6 is 12.4 Å². The van der Waals surface area contributed by atoms with Gasteiger partial charge in [-0.1, -0.05) is 52.0 Å². The number of rotatable bonds is 5. The second-order valence-corrected chi connectivity index (χ2v) is 5.38. The molecular weight excluding hydrogens is 260 g/mol. The van der Waals surface area contributed by atoms with Crippen molar-refractivity contribution in [1.29, 1.82) is 0 Å². The Morgan fingerprint density at radius 3 is 2.11 bits per heavy atom. The van der Waals surface area contributed by atoms with E-state index >= 15 is 0 Å². The first-order valence-corrected chi connectivity index (χ1v) is 6.54. The van der Waals surface area contributed by atoms with E-state index in [1.807, 2.05) is 13.8 Å². The van der Waals surface area contributed by atoms with Crippen LogP contribution in [0.2, 0.25) is 0 Å².